The quantitative estimate of drug-likeness (QED) is 0.767. The van der Waals surface area contributed by atoms with Crippen molar-refractivity contribution in [2.24, 2.45) is 11.7 Å². The molecule has 1 fully saturated rings. The van der Waals surface area contributed by atoms with Crippen LogP contribution in [-0.4, -0.2) is 5.75 Å². The summed E-state index contributed by atoms with van der Waals surface area (Å²) in [4.78, 5) is 1.35. The Kier molecular flexibility index (Phi) is 3.14. The molecule has 0 amide bonds. The minimum absolute atomic E-state index is 0.274. The molecule has 1 saturated carbocycles. The molecule has 14 heavy (non-hydrogen) atoms. The summed E-state index contributed by atoms with van der Waals surface area (Å²) >= 11 is 1.88. The first-order chi connectivity index (χ1) is 6.81. The molecule has 76 valence electrons. The number of nitrogens with two attached hydrogens (primary N) is 1. The van der Waals surface area contributed by atoms with Crippen molar-refractivity contribution in [2.75, 3.05) is 5.75 Å². The van der Waals surface area contributed by atoms with Gasteiger partial charge in [-0.1, -0.05) is 19.1 Å². The highest BCUT2D eigenvalue weighted by atomic mass is 32.2. The first-order valence-corrected chi connectivity index (χ1v) is 6.28. The molecular weight excluding hydrogens is 190 g/mol. The van der Waals surface area contributed by atoms with Crippen molar-refractivity contribution in [3.63, 3.8) is 0 Å². The van der Waals surface area contributed by atoms with Crippen molar-refractivity contribution < 1.29 is 0 Å². The molecule has 1 nitrogen and oxygen atoms in total. The van der Waals surface area contributed by atoms with E-state index < -0.39 is 0 Å². The van der Waals surface area contributed by atoms with Gasteiger partial charge in [0.25, 0.3) is 0 Å². The summed E-state index contributed by atoms with van der Waals surface area (Å²) in [7, 11) is 0. The minimum atomic E-state index is 0.274. The van der Waals surface area contributed by atoms with E-state index in [9.17, 15) is 0 Å². The van der Waals surface area contributed by atoms with E-state index >= 15 is 0 Å². The van der Waals surface area contributed by atoms with E-state index in [0.29, 0.717) is 0 Å². The largest absolute Gasteiger partial charge is 0.324 e. The zero-order valence-electron chi connectivity index (χ0n) is 8.57. The van der Waals surface area contributed by atoms with E-state index in [1.165, 1.54) is 23.3 Å². The van der Waals surface area contributed by atoms with Crippen LogP contribution in [-0.2, 0) is 0 Å². The molecule has 0 heterocycles. The third kappa shape index (κ3) is 2.31. The van der Waals surface area contributed by atoms with Gasteiger partial charge in [0.1, 0.15) is 0 Å². The van der Waals surface area contributed by atoms with Gasteiger partial charge in [-0.2, -0.15) is 0 Å². The Hall–Kier alpha value is -0.470. The van der Waals surface area contributed by atoms with E-state index in [-0.39, 0.29) is 6.04 Å². The van der Waals surface area contributed by atoms with Crippen LogP contribution in [0.1, 0.15) is 31.4 Å². The number of hydrogen-bond acceptors (Lipinski definition) is 2. The van der Waals surface area contributed by atoms with Gasteiger partial charge in [-0.05, 0) is 42.2 Å². The van der Waals surface area contributed by atoms with Crippen LogP contribution in [0.4, 0.5) is 0 Å². The average Bonchev–Trinajstić information content (AvgIpc) is 3.02. The molecule has 2 rings (SSSR count). The lowest BCUT2D eigenvalue weighted by atomic mass is 10.0. The van der Waals surface area contributed by atoms with E-state index in [2.05, 4.69) is 31.2 Å². The first kappa shape index (κ1) is 10.1. The highest BCUT2D eigenvalue weighted by Gasteiger charge is 2.29. The van der Waals surface area contributed by atoms with Crippen molar-refractivity contribution in [1.29, 1.82) is 0 Å². The van der Waals surface area contributed by atoms with Gasteiger partial charge in [0, 0.05) is 10.9 Å². The fraction of sp³-hybridized carbons (Fsp3) is 0.500. The Bertz CT molecular complexity index is 290. The zero-order valence-corrected chi connectivity index (χ0v) is 9.39. The molecule has 1 aromatic rings. The Morgan fingerprint density at radius 1 is 1.36 bits per heavy atom. The summed E-state index contributed by atoms with van der Waals surface area (Å²) in [6.07, 6.45) is 2.62. The molecule has 0 bridgehead atoms. The van der Waals surface area contributed by atoms with Gasteiger partial charge in [0.15, 0.2) is 0 Å². The molecule has 0 aromatic heterocycles. The lowest BCUT2D eigenvalue weighted by molar-refractivity contribution is 0.633. The maximum Gasteiger partial charge on any atom is 0.0323 e. The first-order valence-electron chi connectivity index (χ1n) is 5.29. The molecule has 0 radical (unpaired) electrons. The Morgan fingerprint density at radius 2 is 2.00 bits per heavy atom. The summed E-state index contributed by atoms with van der Waals surface area (Å²) < 4.78 is 0. The van der Waals surface area contributed by atoms with Gasteiger partial charge in [0.2, 0.25) is 0 Å². The number of thioether (sulfide) groups is 1. The van der Waals surface area contributed by atoms with Gasteiger partial charge >= 0.3 is 0 Å². The zero-order chi connectivity index (χ0) is 9.97. The smallest absolute Gasteiger partial charge is 0.0323 e. The second-order valence-corrected chi connectivity index (χ2v) is 5.20. The highest BCUT2D eigenvalue weighted by Crippen LogP contribution is 2.39. The summed E-state index contributed by atoms with van der Waals surface area (Å²) in [6, 6.07) is 9.01. The lowest BCUT2D eigenvalue weighted by Gasteiger charge is -2.10. The molecule has 1 aliphatic rings. The molecular formula is C12H17NS. The van der Waals surface area contributed by atoms with Gasteiger partial charge in [0.05, 0.1) is 0 Å². The maximum absolute atomic E-state index is 6.12. The standard InChI is InChI=1S/C12H17NS/c1-2-14-11-7-5-10(6-8-11)12(13)9-3-4-9/h5-9,12H,2-4,13H2,1H3. The normalized spacial score (nSPS) is 18.1. The minimum Gasteiger partial charge on any atom is -0.324 e. The summed E-state index contributed by atoms with van der Waals surface area (Å²) in [5.74, 6) is 1.88. The predicted octanol–water partition coefficient (Wildman–Crippen LogP) is 3.21. The van der Waals surface area contributed by atoms with Crippen LogP contribution in [0.5, 0.6) is 0 Å². The molecule has 1 aromatic carbocycles. The van der Waals surface area contributed by atoms with Crippen LogP contribution in [0.25, 0.3) is 0 Å². The van der Waals surface area contributed by atoms with Crippen LogP contribution in [0.15, 0.2) is 29.2 Å². The summed E-state index contributed by atoms with van der Waals surface area (Å²) in [5, 5.41) is 0. The molecule has 2 N–H and O–H groups in total. The van der Waals surface area contributed by atoms with Crippen LogP contribution >= 0.6 is 11.8 Å². The Morgan fingerprint density at radius 3 is 2.50 bits per heavy atom. The molecule has 0 saturated heterocycles. The summed E-state index contributed by atoms with van der Waals surface area (Å²) in [6.45, 7) is 2.18. The van der Waals surface area contributed by atoms with Gasteiger partial charge < -0.3 is 5.73 Å². The second kappa shape index (κ2) is 4.37. The van der Waals surface area contributed by atoms with Gasteiger partial charge in [-0.15, -0.1) is 11.8 Å². The number of rotatable bonds is 4. The van der Waals surface area contributed by atoms with Crippen molar-refractivity contribution in [1.82, 2.24) is 0 Å². The van der Waals surface area contributed by atoms with Crippen molar-refractivity contribution in [2.45, 2.75) is 30.7 Å². The number of benzene rings is 1. The van der Waals surface area contributed by atoms with Crippen LogP contribution in [0, 0.1) is 5.92 Å². The van der Waals surface area contributed by atoms with Gasteiger partial charge in [-0.25, -0.2) is 0 Å². The molecule has 0 spiro atoms. The highest BCUT2D eigenvalue weighted by molar-refractivity contribution is 7.99. The van der Waals surface area contributed by atoms with E-state index in [1.54, 1.807) is 0 Å². The molecule has 1 atom stereocenters. The maximum atomic E-state index is 6.12. The third-order valence-electron chi connectivity index (χ3n) is 2.71. The Labute approximate surface area is 90.1 Å². The Balaban J connectivity index is 2.04. The molecule has 1 unspecified atom stereocenters. The predicted molar refractivity (Wildman–Crippen MR) is 62.5 cm³/mol. The van der Waals surface area contributed by atoms with Crippen LogP contribution in [0.2, 0.25) is 0 Å². The number of hydrogen-bond donors (Lipinski definition) is 1. The lowest BCUT2D eigenvalue weighted by Crippen LogP contribution is -2.11. The van der Waals surface area contributed by atoms with E-state index in [0.717, 1.165) is 11.7 Å². The summed E-state index contributed by atoms with van der Waals surface area (Å²) in [5.41, 5.74) is 7.42. The van der Waals surface area contributed by atoms with Crippen molar-refractivity contribution in [3.8, 4) is 0 Å². The monoisotopic (exact) mass is 207 g/mol. The van der Waals surface area contributed by atoms with E-state index in [1.807, 2.05) is 11.8 Å². The average molecular weight is 207 g/mol. The molecule has 1 aliphatic carbocycles. The fourth-order valence-corrected chi connectivity index (χ4v) is 2.34. The van der Waals surface area contributed by atoms with Crippen molar-refractivity contribution >= 4 is 11.8 Å². The molecule has 0 aliphatic heterocycles. The van der Waals surface area contributed by atoms with Crippen LogP contribution < -0.4 is 5.73 Å². The topological polar surface area (TPSA) is 26.0 Å². The SMILES string of the molecule is CCSc1ccc(C(N)C2CC2)cc1. The van der Waals surface area contributed by atoms with Gasteiger partial charge in [-0.3, -0.25) is 0 Å². The molecule has 2 heteroatoms. The fourth-order valence-electron chi connectivity index (χ4n) is 1.68. The van der Waals surface area contributed by atoms with Crippen molar-refractivity contribution in [3.05, 3.63) is 29.8 Å². The van der Waals surface area contributed by atoms with Crippen LogP contribution in [0.3, 0.4) is 0 Å². The van der Waals surface area contributed by atoms with E-state index in [4.69, 9.17) is 5.73 Å². The third-order valence-corrected chi connectivity index (χ3v) is 3.60. The second-order valence-electron chi connectivity index (χ2n) is 3.87.